The van der Waals surface area contributed by atoms with E-state index in [1.807, 2.05) is 0 Å². The molecule has 2 aromatic carbocycles. The summed E-state index contributed by atoms with van der Waals surface area (Å²) in [5.74, 6) is 0.189. The van der Waals surface area contributed by atoms with E-state index in [1.54, 1.807) is 35.2 Å². The number of nitrogen functional groups attached to an aromatic ring is 1. The summed E-state index contributed by atoms with van der Waals surface area (Å²) in [6.45, 7) is 0. The molecule has 0 amide bonds. The lowest BCUT2D eigenvalue weighted by Crippen LogP contribution is -2.22. The van der Waals surface area contributed by atoms with Crippen molar-refractivity contribution in [3.63, 3.8) is 0 Å². The molecule has 2 heterocycles. The highest BCUT2D eigenvalue weighted by molar-refractivity contribution is 7.92. The van der Waals surface area contributed by atoms with Gasteiger partial charge in [-0.3, -0.25) is 10.00 Å². The molecule has 4 rings (SSSR count). The first kappa shape index (κ1) is 15.3. The zero-order chi connectivity index (χ0) is 17.1. The second kappa shape index (κ2) is 5.14. The molecule has 0 atom stereocenters. The first-order chi connectivity index (χ1) is 11.4. The monoisotopic (exact) mass is 380 g/mol. The quantitative estimate of drug-likeness (QED) is 0.522. The fourth-order valence-corrected chi connectivity index (χ4v) is 4.62. The van der Waals surface area contributed by atoms with Crippen LogP contribution in [0, 0.1) is 0 Å². The van der Waals surface area contributed by atoms with Gasteiger partial charge in [-0.2, -0.15) is 5.10 Å². The van der Waals surface area contributed by atoms with Crippen molar-refractivity contribution in [3.05, 3.63) is 52.5 Å². The molecule has 3 aromatic rings. The Bertz CT molecular complexity index is 1060. The lowest BCUT2D eigenvalue weighted by atomic mass is 10.2. The molecule has 24 heavy (non-hydrogen) atoms. The van der Waals surface area contributed by atoms with Gasteiger partial charge in [0, 0.05) is 15.7 Å². The molecule has 0 spiro atoms. The number of rotatable bonds is 1. The first-order valence-electron chi connectivity index (χ1n) is 6.84. The number of fused-ring (bicyclic) bond motifs is 2. The van der Waals surface area contributed by atoms with Gasteiger partial charge in [0.15, 0.2) is 10.7 Å². The van der Waals surface area contributed by atoms with Crippen LogP contribution in [0.25, 0.3) is 0 Å². The largest absolute Gasteiger partial charge is 0.383 e. The SMILES string of the molecule is Nc1[nH]nc2c1S(=O)(=O)c1ccc(Cl)cc1N2c1ccc(Cl)cc1. The second-order valence-corrected chi connectivity index (χ2v) is 7.95. The van der Waals surface area contributed by atoms with E-state index in [0.717, 1.165) is 0 Å². The Balaban J connectivity index is 2.08. The van der Waals surface area contributed by atoms with Crippen molar-refractivity contribution in [2.45, 2.75) is 9.79 Å². The Morgan fingerprint density at radius 3 is 2.42 bits per heavy atom. The summed E-state index contributed by atoms with van der Waals surface area (Å²) < 4.78 is 25.8. The van der Waals surface area contributed by atoms with Crippen LogP contribution in [0.5, 0.6) is 0 Å². The predicted octanol–water partition coefficient (Wildman–Crippen LogP) is 3.91. The Morgan fingerprint density at radius 1 is 1.04 bits per heavy atom. The molecular formula is C15H10Cl2N4O2S. The van der Waals surface area contributed by atoms with E-state index in [4.69, 9.17) is 28.9 Å². The lowest BCUT2D eigenvalue weighted by Gasteiger charge is -2.29. The van der Waals surface area contributed by atoms with E-state index >= 15 is 0 Å². The van der Waals surface area contributed by atoms with Crippen LogP contribution in [-0.2, 0) is 9.84 Å². The van der Waals surface area contributed by atoms with E-state index < -0.39 is 9.84 Å². The number of halogens is 2. The van der Waals surface area contributed by atoms with Crippen LogP contribution in [0.2, 0.25) is 10.0 Å². The minimum absolute atomic E-state index is 0.00966. The molecule has 1 aromatic heterocycles. The van der Waals surface area contributed by atoms with Crippen LogP contribution in [0.15, 0.2) is 52.3 Å². The van der Waals surface area contributed by atoms with Crippen LogP contribution >= 0.6 is 23.2 Å². The second-order valence-electron chi connectivity index (χ2n) is 5.22. The van der Waals surface area contributed by atoms with Gasteiger partial charge in [0.05, 0.1) is 10.6 Å². The van der Waals surface area contributed by atoms with Crippen molar-refractivity contribution >= 4 is 56.0 Å². The van der Waals surface area contributed by atoms with E-state index in [9.17, 15) is 8.42 Å². The predicted molar refractivity (Wildman–Crippen MR) is 93.2 cm³/mol. The van der Waals surface area contributed by atoms with Gasteiger partial charge in [0.25, 0.3) is 0 Å². The van der Waals surface area contributed by atoms with Crippen LogP contribution in [-0.4, -0.2) is 18.6 Å². The smallest absolute Gasteiger partial charge is 0.216 e. The maximum absolute atomic E-state index is 12.9. The molecule has 6 nitrogen and oxygen atoms in total. The van der Waals surface area contributed by atoms with Crippen LogP contribution in [0.4, 0.5) is 23.0 Å². The number of aromatic amines is 1. The number of sulfone groups is 1. The highest BCUT2D eigenvalue weighted by Crippen LogP contribution is 2.49. The third-order valence-electron chi connectivity index (χ3n) is 3.75. The maximum Gasteiger partial charge on any atom is 0.216 e. The third-order valence-corrected chi connectivity index (χ3v) is 6.10. The van der Waals surface area contributed by atoms with Crippen LogP contribution < -0.4 is 10.6 Å². The number of benzene rings is 2. The van der Waals surface area contributed by atoms with Crippen LogP contribution in [0.1, 0.15) is 0 Å². The average molecular weight is 381 g/mol. The molecule has 122 valence electrons. The van der Waals surface area contributed by atoms with Crippen molar-refractivity contribution in [3.8, 4) is 0 Å². The molecule has 1 aliphatic heterocycles. The molecule has 3 N–H and O–H groups in total. The Hall–Kier alpha value is -2.22. The standard InChI is InChI=1S/C15H10Cl2N4O2S/c16-8-1-4-10(5-2-8)21-11-7-9(17)3-6-12(11)24(22,23)13-14(18)19-20-15(13)21/h1-7H,(H3,18,19,20). The molecule has 9 heteroatoms. The van der Waals surface area contributed by atoms with Gasteiger partial charge in [-0.1, -0.05) is 23.2 Å². The van der Waals surface area contributed by atoms with Gasteiger partial charge >= 0.3 is 0 Å². The van der Waals surface area contributed by atoms with Crippen molar-refractivity contribution in [1.29, 1.82) is 0 Å². The van der Waals surface area contributed by atoms with Gasteiger partial charge in [-0.25, -0.2) is 8.42 Å². The van der Waals surface area contributed by atoms with E-state index in [2.05, 4.69) is 10.2 Å². The molecular weight excluding hydrogens is 371 g/mol. The van der Waals surface area contributed by atoms with Gasteiger partial charge in [-0.05, 0) is 42.5 Å². The van der Waals surface area contributed by atoms with Gasteiger partial charge in [0.2, 0.25) is 9.84 Å². The Labute approximate surface area is 147 Å². The highest BCUT2D eigenvalue weighted by Gasteiger charge is 2.39. The summed E-state index contributed by atoms with van der Waals surface area (Å²) in [5, 5.41) is 7.60. The highest BCUT2D eigenvalue weighted by atomic mass is 35.5. The number of nitrogens with zero attached hydrogens (tertiary/aromatic N) is 2. The Morgan fingerprint density at radius 2 is 1.71 bits per heavy atom. The molecule has 0 bridgehead atoms. The number of nitrogens with one attached hydrogen (secondary N) is 1. The van der Waals surface area contributed by atoms with Crippen molar-refractivity contribution < 1.29 is 8.42 Å². The van der Waals surface area contributed by atoms with E-state index in [0.29, 0.717) is 21.4 Å². The molecule has 1 aliphatic rings. The number of H-pyrrole nitrogens is 1. The Kier molecular flexibility index (Phi) is 3.28. The number of hydrogen-bond acceptors (Lipinski definition) is 5. The first-order valence-corrected chi connectivity index (χ1v) is 9.07. The number of nitrogens with two attached hydrogens (primary N) is 1. The van der Waals surface area contributed by atoms with Gasteiger partial charge in [0.1, 0.15) is 5.82 Å². The summed E-state index contributed by atoms with van der Waals surface area (Å²) in [5.41, 5.74) is 6.91. The third kappa shape index (κ3) is 2.09. The number of aromatic nitrogens is 2. The molecule has 0 radical (unpaired) electrons. The summed E-state index contributed by atoms with van der Waals surface area (Å²) in [4.78, 5) is 1.75. The summed E-state index contributed by atoms with van der Waals surface area (Å²) >= 11 is 12.0. The lowest BCUT2D eigenvalue weighted by molar-refractivity contribution is 0.595. The van der Waals surface area contributed by atoms with E-state index in [-0.39, 0.29) is 21.4 Å². The van der Waals surface area contributed by atoms with E-state index in [1.165, 1.54) is 12.1 Å². The molecule has 0 unspecified atom stereocenters. The molecule has 0 aliphatic carbocycles. The van der Waals surface area contributed by atoms with Crippen molar-refractivity contribution in [2.75, 3.05) is 10.6 Å². The van der Waals surface area contributed by atoms with Crippen LogP contribution in [0.3, 0.4) is 0 Å². The zero-order valence-electron chi connectivity index (χ0n) is 12.0. The number of anilines is 4. The van der Waals surface area contributed by atoms with Crippen molar-refractivity contribution in [2.24, 2.45) is 0 Å². The summed E-state index contributed by atoms with van der Waals surface area (Å²) in [6, 6.07) is 11.5. The minimum atomic E-state index is -3.80. The molecule has 0 saturated carbocycles. The zero-order valence-corrected chi connectivity index (χ0v) is 14.3. The van der Waals surface area contributed by atoms with Gasteiger partial charge < -0.3 is 5.73 Å². The minimum Gasteiger partial charge on any atom is -0.383 e. The normalized spacial score (nSPS) is 15.0. The topological polar surface area (TPSA) is 92.1 Å². The van der Waals surface area contributed by atoms with Crippen molar-refractivity contribution in [1.82, 2.24) is 10.2 Å². The fraction of sp³-hybridized carbons (Fsp3) is 0. The maximum atomic E-state index is 12.9. The molecule has 0 saturated heterocycles. The fourth-order valence-electron chi connectivity index (χ4n) is 2.72. The van der Waals surface area contributed by atoms with Gasteiger partial charge in [-0.15, -0.1) is 0 Å². The number of hydrogen-bond donors (Lipinski definition) is 2. The average Bonchev–Trinajstić information content (AvgIpc) is 2.91. The summed E-state index contributed by atoms with van der Waals surface area (Å²) in [6.07, 6.45) is 0. The summed E-state index contributed by atoms with van der Waals surface area (Å²) in [7, 11) is -3.80. The molecule has 0 fully saturated rings.